The molecule has 1 saturated heterocycles. The van der Waals surface area contributed by atoms with Crippen LogP contribution < -0.4 is 0 Å². The summed E-state index contributed by atoms with van der Waals surface area (Å²) < 4.78 is 5.16. The van der Waals surface area contributed by atoms with E-state index >= 15 is 0 Å². The summed E-state index contributed by atoms with van der Waals surface area (Å²) in [6, 6.07) is 3.32. The molecular weight excluding hydrogens is 230 g/mol. The van der Waals surface area contributed by atoms with Crippen LogP contribution in [0.3, 0.4) is 0 Å². The van der Waals surface area contributed by atoms with Crippen molar-refractivity contribution in [2.45, 2.75) is 13.3 Å². The van der Waals surface area contributed by atoms with Gasteiger partial charge in [0, 0.05) is 37.5 Å². The van der Waals surface area contributed by atoms with Crippen molar-refractivity contribution in [3.63, 3.8) is 0 Å². The molecule has 1 fully saturated rings. The second kappa shape index (κ2) is 8.36. The summed E-state index contributed by atoms with van der Waals surface area (Å²) in [7, 11) is 0. The van der Waals surface area contributed by atoms with Crippen molar-refractivity contribution in [1.29, 1.82) is 5.41 Å². The number of nitrogens with zero attached hydrogens (tertiary/aromatic N) is 2. The Bertz CT molecular complexity index is 362. The Morgan fingerprint density at radius 1 is 1.44 bits per heavy atom. The van der Waals surface area contributed by atoms with Gasteiger partial charge in [-0.25, -0.2) is 0 Å². The van der Waals surface area contributed by atoms with E-state index in [9.17, 15) is 4.79 Å². The average Bonchev–Trinajstić information content (AvgIpc) is 2.49. The maximum absolute atomic E-state index is 9.98. The van der Waals surface area contributed by atoms with E-state index in [0.717, 1.165) is 44.8 Å². The van der Waals surface area contributed by atoms with Crippen LogP contribution in [0, 0.1) is 5.41 Å². The van der Waals surface area contributed by atoms with E-state index < -0.39 is 0 Å². The van der Waals surface area contributed by atoms with Crippen molar-refractivity contribution in [2.24, 2.45) is 0 Å². The van der Waals surface area contributed by atoms with E-state index in [1.165, 1.54) is 0 Å². The maximum atomic E-state index is 9.98. The van der Waals surface area contributed by atoms with E-state index in [2.05, 4.69) is 9.88 Å². The third-order valence-corrected chi connectivity index (χ3v) is 2.57. The Balaban J connectivity index is 0.000000184. The summed E-state index contributed by atoms with van der Waals surface area (Å²) >= 11 is 0. The predicted molar refractivity (Wildman–Crippen MR) is 70.0 cm³/mol. The van der Waals surface area contributed by atoms with Gasteiger partial charge >= 0.3 is 0 Å². The molecule has 0 amide bonds. The van der Waals surface area contributed by atoms with Crippen LogP contribution in [-0.2, 0) is 4.74 Å². The number of carbonyl (C=O) groups excluding carboxylic acids is 1. The molecule has 0 atom stereocenters. The summed E-state index contributed by atoms with van der Waals surface area (Å²) in [5.41, 5.74) is 0.667. The van der Waals surface area contributed by atoms with Crippen LogP contribution in [-0.4, -0.2) is 48.3 Å². The second-order valence-corrected chi connectivity index (χ2v) is 3.80. The number of amidine groups is 1. The molecule has 0 unspecified atom stereocenters. The maximum Gasteiger partial charge on any atom is 0.150 e. The zero-order valence-electron chi connectivity index (χ0n) is 10.6. The fourth-order valence-corrected chi connectivity index (χ4v) is 1.50. The van der Waals surface area contributed by atoms with Crippen molar-refractivity contribution in [3.05, 3.63) is 30.1 Å². The molecule has 98 valence electrons. The number of ether oxygens (including phenoxy) is 1. The van der Waals surface area contributed by atoms with Gasteiger partial charge in [0.15, 0.2) is 0 Å². The van der Waals surface area contributed by atoms with Crippen molar-refractivity contribution >= 4 is 12.1 Å². The molecule has 1 aromatic heterocycles. The number of morpholine rings is 1. The molecule has 5 heteroatoms. The normalized spacial score (nSPS) is 14.4. The van der Waals surface area contributed by atoms with Crippen molar-refractivity contribution in [3.8, 4) is 0 Å². The number of nitrogens with one attached hydrogen (secondary N) is 1. The van der Waals surface area contributed by atoms with Crippen LogP contribution in [0.2, 0.25) is 0 Å². The monoisotopic (exact) mass is 249 g/mol. The SMILES string of the molecule is CCC(=N)N1CCOCC1.O=Cc1ccncc1. The first-order valence-corrected chi connectivity index (χ1v) is 6.03. The van der Waals surface area contributed by atoms with Crippen LogP contribution in [0.15, 0.2) is 24.5 Å². The highest BCUT2D eigenvalue weighted by Crippen LogP contribution is 1.99. The highest BCUT2D eigenvalue weighted by molar-refractivity contribution is 5.78. The molecular formula is C13H19N3O2. The fraction of sp³-hybridized carbons (Fsp3) is 0.462. The van der Waals surface area contributed by atoms with Gasteiger partial charge in [0.2, 0.25) is 0 Å². The summed E-state index contributed by atoms with van der Waals surface area (Å²) in [6.45, 7) is 5.36. The summed E-state index contributed by atoms with van der Waals surface area (Å²) in [5, 5.41) is 7.50. The summed E-state index contributed by atoms with van der Waals surface area (Å²) in [4.78, 5) is 15.8. The predicted octanol–water partition coefficient (Wildman–Crippen LogP) is 1.60. The number of aldehydes is 1. The number of hydrogen-bond donors (Lipinski definition) is 1. The standard InChI is InChI=1S/C7H14N2O.C6H5NO/c1-2-7(8)9-3-5-10-6-4-9;8-5-6-1-3-7-4-2-6/h8H,2-6H2,1H3;1-5H. The average molecular weight is 249 g/mol. The quantitative estimate of drug-likeness (QED) is 0.491. The van der Waals surface area contributed by atoms with Crippen molar-refractivity contribution in [2.75, 3.05) is 26.3 Å². The Hall–Kier alpha value is -1.75. The highest BCUT2D eigenvalue weighted by Gasteiger charge is 2.11. The third kappa shape index (κ3) is 5.05. The molecule has 1 aliphatic heterocycles. The number of hydrogen-bond acceptors (Lipinski definition) is 4. The lowest BCUT2D eigenvalue weighted by atomic mass is 10.3. The van der Waals surface area contributed by atoms with E-state index in [4.69, 9.17) is 10.1 Å². The Kier molecular flexibility index (Phi) is 6.64. The summed E-state index contributed by atoms with van der Waals surface area (Å²) in [5.74, 6) is 0.739. The molecule has 5 nitrogen and oxygen atoms in total. The zero-order chi connectivity index (χ0) is 13.2. The largest absolute Gasteiger partial charge is 0.378 e. The first-order chi connectivity index (χ1) is 8.77. The first kappa shape index (κ1) is 14.3. The van der Waals surface area contributed by atoms with Crippen molar-refractivity contribution in [1.82, 2.24) is 9.88 Å². The minimum atomic E-state index is 0.667. The third-order valence-electron chi connectivity index (χ3n) is 2.57. The number of pyridine rings is 1. The lowest BCUT2D eigenvalue weighted by Gasteiger charge is -2.28. The Morgan fingerprint density at radius 3 is 2.50 bits per heavy atom. The van der Waals surface area contributed by atoms with Crippen LogP contribution in [0.4, 0.5) is 0 Å². The molecule has 1 aromatic rings. The second-order valence-electron chi connectivity index (χ2n) is 3.80. The molecule has 0 radical (unpaired) electrons. The molecule has 2 rings (SSSR count). The zero-order valence-corrected chi connectivity index (χ0v) is 10.6. The van der Waals surface area contributed by atoms with Gasteiger partial charge in [-0.05, 0) is 12.1 Å². The molecule has 0 aliphatic carbocycles. The minimum Gasteiger partial charge on any atom is -0.378 e. The number of carbonyl (C=O) groups is 1. The van der Waals surface area contributed by atoms with Crippen LogP contribution >= 0.6 is 0 Å². The first-order valence-electron chi connectivity index (χ1n) is 6.03. The van der Waals surface area contributed by atoms with Gasteiger partial charge in [-0.15, -0.1) is 0 Å². The van der Waals surface area contributed by atoms with Gasteiger partial charge in [0.25, 0.3) is 0 Å². The van der Waals surface area contributed by atoms with Gasteiger partial charge in [-0.2, -0.15) is 0 Å². The molecule has 1 aliphatic rings. The molecule has 0 saturated carbocycles. The smallest absolute Gasteiger partial charge is 0.150 e. The van der Waals surface area contributed by atoms with E-state index in [0.29, 0.717) is 5.56 Å². The molecule has 1 N–H and O–H groups in total. The van der Waals surface area contributed by atoms with Crippen LogP contribution in [0.1, 0.15) is 23.7 Å². The van der Waals surface area contributed by atoms with Crippen LogP contribution in [0.25, 0.3) is 0 Å². The Labute approximate surface area is 107 Å². The Morgan fingerprint density at radius 2 is 2.06 bits per heavy atom. The lowest BCUT2D eigenvalue weighted by molar-refractivity contribution is 0.0669. The molecule has 0 spiro atoms. The lowest BCUT2D eigenvalue weighted by Crippen LogP contribution is -2.39. The highest BCUT2D eigenvalue weighted by atomic mass is 16.5. The fourth-order valence-electron chi connectivity index (χ4n) is 1.50. The van der Waals surface area contributed by atoms with E-state index in [1.807, 2.05) is 6.92 Å². The molecule has 2 heterocycles. The summed E-state index contributed by atoms with van der Waals surface area (Å²) in [6.07, 6.45) is 4.80. The van der Waals surface area contributed by atoms with Gasteiger partial charge < -0.3 is 9.64 Å². The number of rotatable bonds is 2. The van der Waals surface area contributed by atoms with E-state index in [-0.39, 0.29) is 0 Å². The molecule has 0 bridgehead atoms. The van der Waals surface area contributed by atoms with E-state index in [1.54, 1.807) is 24.5 Å². The molecule has 0 aromatic carbocycles. The van der Waals surface area contributed by atoms with Crippen LogP contribution in [0.5, 0.6) is 0 Å². The van der Waals surface area contributed by atoms with Gasteiger partial charge in [0.1, 0.15) is 6.29 Å². The molecule has 18 heavy (non-hydrogen) atoms. The minimum absolute atomic E-state index is 0.667. The number of aromatic nitrogens is 1. The van der Waals surface area contributed by atoms with Gasteiger partial charge in [0.05, 0.1) is 19.0 Å². The van der Waals surface area contributed by atoms with Crippen molar-refractivity contribution < 1.29 is 9.53 Å². The van der Waals surface area contributed by atoms with Gasteiger partial charge in [-0.1, -0.05) is 6.92 Å². The topological polar surface area (TPSA) is 66.3 Å². The van der Waals surface area contributed by atoms with Gasteiger partial charge in [-0.3, -0.25) is 15.2 Å².